The van der Waals surface area contributed by atoms with Crippen LogP contribution in [0.2, 0.25) is 0 Å². The van der Waals surface area contributed by atoms with Gasteiger partial charge in [-0.25, -0.2) is 8.42 Å². The number of hydrogen-bond donors (Lipinski definition) is 0. The fourth-order valence-electron chi connectivity index (χ4n) is 4.45. The molecule has 2 heterocycles. The van der Waals surface area contributed by atoms with Crippen LogP contribution < -0.4 is 9.73 Å². The molecule has 0 saturated heterocycles. The number of para-hydroxylation sites is 1. The van der Waals surface area contributed by atoms with Crippen molar-refractivity contribution in [2.45, 2.75) is 18.1 Å². The van der Waals surface area contributed by atoms with E-state index >= 15 is 0 Å². The predicted octanol–water partition coefficient (Wildman–Crippen LogP) is 4.29. The van der Waals surface area contributed by atoms with Crippen LogP contribution in [0.5, 0.6) is 0 Å². The number of likely N-dealkylation sites (N-methyl/N-ethyl adjacent to an activating group) is 1. The average molecular weight is 487 g/mol. The van der Waals surface area contributed by atoms with Crippen molar-refractivity contribution in [2.24, 2.45) is 5.10 Å². The van der Waals surface area contributed by atoms with Crippen LogP contribution in [0.25, 0.3) is 21.7 Å². The first-order chi connectivity index (χ1) is 16.8. The van der Waals surface area contributed by atoms with Crippen molar-refractivity contribution in [2.75, 3.05) is 24.9 Å². The molecule has 0 radical (unpaired) electrons. The molecule has 0 N–H and O–H groups in total. The number of nitrogens with zero attached hydrogens (tertiary/aromatic N) is 4. The minimum atomic E-state index is -3.71. The Bertz CT molecular complexity index is 1620. The third-order valence-electron chi connectivity index (χ3n) is 6.68. The third-order valence-corrected chi connectivity index (χ3v) is 8.82. The molecule has 0 amide bonds. The highest BCUT2D eigenvalue weighted by atomic mass is 32.2. The third kappa shape index (κ3) is 4.14. The minimum Gasteiger partial charge on any atom is -0.299 e. The van der Waals surface area contributed by atoms with Crippen molar-refractivity contribution < 1.29 is 8.42 Å². The van der Waals surface area contributed by atoms with Crippen molar-refractivity contribution in [3.05, 3.63) is 94.3 Å². The maximum Gasteiger partial charge on any atom is 0.241 e. The van der Waals surface area contributed by atoms with Crippen LogP contribution >= 0.6 is 0 Å². The topological polar surface area (TPSA) is 82.9 Å². The van der Waals surface area contributed by atoms with E-state index in [1.807, 2.05) is 42.5 Å². The molecule has 0 spiro atoms. The van der Waals surface area contributed by atoms with Gasteiger partial charge in [-0.1, -0.05) is 36.4 Å². The molecule has 1 aromatic heterocycles. The molecular formula is C27H26N4O3S. The Balaban J connectivity index is 1.60. The van der Waals surface area contributed by atoms with Gasteiger partial charge in [0.2, 0.25) is 10.0 Å². The second kappa shape index (κ2) is 8.78. The lowest BCUT2D eigenvalue weighted by Crippen LogP contribution is -2.30. The molecule has 2 unspecified atom stereocenters. The van der Waals surface area contributed by atoms with Gasteiger partial charge in [0.1, 0.15) is 5.25 Å². The molecule has 2 atom stereocenters. The lowest BCUT2D eigenvalue weighted by Gasteiger charge is -2.24. The number of aromatic nitrogens is 1. The monoisotopic (exact) mass is 486 g/mol. The maximum atomic E-state index is 13.7. The van der Waals surface area contributed by atoms with Crippen molar-refractivity contribution in [1.82, 2.24) is 9.99 Å². The molecule has 5 rings (SSSR count). The Hall–Kier alpha value is -3.78. The number of sulfonamides is 1. The highest BCUT2D eigenvalue weighted by Crippen LogP contribution is 2.30. The summed E-state index contributed by atoms with van der Waals surface area (Å²) in [5.74, 6) is 0.0716. The molecule has 0 fully saturated rings. The fourth-order valence-corrected chi connectivity index (χ4v) is 5.83. The quantitative estimate of drug-likeness (QED) is 0.420. The van der Waals surface area contributed by atoms with E-state index < -0.39 is 15.3 Å². The van der Waals surface area contributed by atoms with Crippen LogP contribution in [0, 0.1) is 0 Å². The van der Waals surface area contributed by atoms with Crippen molar-refractivity contribution >= 4 is 43.6 Å². The number of hydrogen-bond acceptors (Lipinski definition) is 6. The van der Waals surface area contributed by atoms with Crippen molar-refractivity contribution in [1.29, 1.82) is 0 Å². The van der Waals surface area contributed by atoms with E-state index in [0.717, 1.165) is 17.5 Å². The van der Waals surface area contributed by atoms with E-state index in [1.54, 1.807) is 62.6 Å². The van der Waals surface area contributed by atoms with Gasteiger partial charge in [0.25, 0.3) is 0 Å². The van der Waals surface area contributed by atoms with Crippen molar-refractivity contribution in [3.8, 4) is 0 Å². The fraction of sp³-hybridized carbons (Fsp3) is 0.222. The summed E-state index contributed by atoms with van der Waals surface area (Å²) in [6, 6.07) is 19.8. The Morgan fingerprint density at radius 2 is 1.77 bits per heavy atom. The first-order valence-corrected chi connectivity index (χ1v) is 12.9. The van der Waals surface area contributed by atoms with Gasteiger partial charge in [-0.2, -0.15) is 5.10 Å². The number of benzene rings is 2. The molecule has 7 nitrogen and oxygen atoms in total. The molecular weight excluding hydrogens is 460 g/mol. The van der Waals surface area contributed by atoms with Crippen LogP contribution in [-0.4, -0.2) is 45.3 Å². The summed E-state index contributed by atoms with van der Waals surface area (Å²) in [4.78, 5) is 18.2. The molecule has 0 bridgehead atoms. The van der Waals surface area contributed by atoms with E-state index in [2.05, 4.69) is 10.1 Å². The molecule has 1 aliphatic rings. The van der Waals surface area contributed by atoms with Gasteiger partial charge in [0, 0.05) is 49.7 Å². The summed E-state index contributed by atoms with van der Waals surface area (Å²) >= 11 is 0. The Morgan fingerprint density at radius 1 is 1.03 bits per heavy atom. The summed E-state index contributed by atoms with van der Waals surface area (Å²) in [6.07, 6.45) is 3.66. The zero-order valence-electron chi connectivity index (χ0n) is 19.8. The zero-order chi connectivity index (χ0) is 24.7. The van der Waals surface area contributed by atoms with Gasteiger partial charge < -0.3 is 0 Å². The molecule has 8 heteroatoms. The second-order valence-electron chi connectivity index (χ2n) is 8.91. The van der Waals surface area contributed by atoms with Crippen molar-refractivity contribution in [3.63, 3.8) is 0 Å². The number of hydrazone groups is 1. The van der Waals surface area contributed by atoms with E-state index in [9.17, 15) is 13.2 Å². The number of rotatable bonds is 5. The Labute approximate surface area is 204 Å². The van der Waals surface area contributed by atoms with Gasteiger partial charge in [-0.05, 0) is 53.8 Å². The molecule has 35 heavy (non-hydrogen) atoms. The lowest BCUT2D eigenvalue weighted by atomic mass is 10.0. The summed E-state index contributed by atoms with van der Waals surface area (Å²) in [7, 11) is -0.256. The Morgan fingerprint density at radius 3 is 2.49 bits per heavy atom. The lowest BCUT2D eigenvalue weighted by molar-refractivity contribution is 0.381. The molecule has 4 aromatic rings. The van der Waals surface area contributed by atoms with Crippen LogP contribution in [0.4, 0.5) is 5.69 Å². The molecule has 178 valence electrons. The normalized spacial score (nSPS) is 16.7. The summed E-state index contributed by atoms with van der Waals surface area (Å²) < 4.78 is 28.0. The molecule has 1 aliphatic heterocycles. The number of pyridine rings is 1. The standard InChI is InChI=1S/C27H26N4O3S/c1-18(35(33,34)31(3)23-7-5-4-6-8-23)20-10-9-19-11-12-26-25(27(32)24(19)13-20)14-21(15-28-26)22-16-29-30(2)17-22/h4-16,18,22H,17H2,1-3H3. The van der Waals surface area contributed by atoms with Gasteiger partial charge in [-0.3, -0.25) is 19.1 Å². The van der Waals surface area contributed by atoms with Crippen LogP contribution in [0.15, 0.2) is 82.8 Å². The van der Waals surface area contributed by atoms with Gasteiger partial charge in [-0.15, -0.1) is 0 Å². The molecule has 0 aliphatic carbocycles. The SMILES string of the molecule is CC(c1ccc2ccc3ncc(C4C=NN(C)C4)cc3c(=O)c2c1)S(=O)(=O)N(C)c1ccccc1. The number of fused-ring (bicyclic) bond motifs is 2. The second-order valence-corrected chi connectivity index (χ2v) is 11.2. The zero-order valence-corrected chi connectivity index (χ0v) is 20.6. The summed E-state index contributed by atoms with van der Waals surface area (Å²) in [5, 5.41) is 7.02. The maximum absolute atomic E-state index is 13.7. The van der Waals surface area contributed by atoms with E-state index in [0.29, 0.717) is 27.5 Å². The smallest absolute Gasteiger partial charge is 0.241 e. The predicted molar refractivity (Wildman–Crippen MR) is 142 cm³/mol. The van der Waals surface area contributed by atoms with E-state index in [-0.39, 0.29) is 11.3 Å². The van der Waals surface area contributed by atoms with E-state index in [1.165, 1.54) is 4.31 Å². The first kappa shape index (κ1) is 23.0. The highest BCUT2D eigenvalue weighted by molar-refractivity contribution is 7.93. The average Bonchev–Trinajstić information content (AvgIpc) is 3.27. The van der Waals surface area contributed by atoms with Crippen LogP contribution in [0.1, 0.15) is 29.2 Å². The van der Waals surface area contributed by atoms with Gasteiger partial charge in [0.15, 0.2) is 5.43 Å². The first-order valence-electron chi connectivity index (χ1n) is 11.4. The molecule has 3 aromatic carbocycles. The van der Waals surface area contributed by atoms with Gasteiger partial charge >= 0.3 is 0 Å². The summed E-state index contributed by atoms with van der Waals surface area (Å²) in [5.41, 5.74) is 2.51. The van der Waals surface area contributed by atoms with Crippen LogP contribution in [0.3, 0.4) is 0 Å². The van der Waals surface area contributed by atoms with Crippen LogP contribution in [-0.2, 0) is 10.0 Å². The largest absolute Gasteiger partial charge is 0.299 e. The summed E-state index contributed by atoms with van der Waals surface area (Å²) in [6.45, 7) is 2.38. The minimum absolute atomic E-state index is 0.0716. The number of anilines is 1. The Kier molecular flexibility index (Phi) is 5.76. The van der Waals surface area contributed by atoms with Gasteiger partial charge in [0.05, 0.1) is 11.2 Å². The van der Waals surface area contributed by atoms with E-state index in [4.69, 9.17) is 0 Å². The highest BCUT2D eigenvalue weighted by Gasteiger charge is 2.28. The molecule has 0 saturated carbocycles.